The van der Waals surface area contributed by atoms with Crippen molar-refractivity contribution in [2.24, 2.45) is 0 Å². The van der Waals surface area contributed by atoms with Crippen LogP contribution in [0, 0.1) is 0 Å². The number of hydrogen-bond donors (Lipinski definition) is 1. The van der Waals surface area contributed by atoms with Crippen LogP contribution in [0.15, 0.2) is 36.5 Å². The molecule has 0 aromatic carbocycles. The van der Waals surface area contributed by atoms with E-state index in [4.69, 9.17) is 9.47 Å². The minimum absolute atomic E-state index is 0.0603. The molecule has 0 radical (unpaired) electrons. The highest BCUT2D eigenvalue weighted by atomic mass is 16.6. The lowest BCUT2D eigenvalue weighted by atomic mass is 10.0. The van der Waals surface area contributed by atoms with E-state index in [2.05, 4.69) is 50.3 Å². The molecule has 0 aliphatic heterocycles. The zero-order valence-corrected chi connectivity index (χ0v) is 55.8. The molecule has 484 valence electrons. The van der Waals surface area contributed by atoms with Crippen LogP contribution in [0.25, 0.3) is 0 Å². The summed E-state index contributed by atoms with van der Waals surface area (Å²) in [4.78, 5) is 24.7. The SMILES string of the molecule is CCCCCCC/C=C\C/C=C\C/C=C\CCCCCCCCCCCCCCCCC(=O)OC(CO)COC(=O)CCCCCCCCCCCCCCCCCCCCCCCCCCCCCCCCCCCCCCCCC. The average molecular weight is 1150 g/mol. The summed E-state index contributed by atoms with van der Waals surface area (Å²) in [6.45, 7) is 4.20. The van der Waals surface area contributed by atoms with E-state index in [0.29, 0.717) is 12.8 Å². The Morgan fingerprint density at radius 3 is 0.732 bits per heavy atom. The van der Waals surface area contributed by atoms with Crippen molar-refractivity contribution in [1.29, 1.82) is 0 Å². The van der Waals surface area contributed by atoms with Crippen LogP contribution in [0.2, 0.25) is 0 Å². The predicted octanol–water partition coefficient (Wildman–Crippen LogP) is 26.1. The highest BCUT2D eigenvalue weighted by molar-refractivity contribution is 5.70. The van der Waals surface area contributed by atoms with Crippen LogP contribution in [0.1, 0.15) is 425 Å². The van der Waals surface area contributed by atoms with Crippen LogP contribution in [0.5, 0.6) is 0 Å². The fraction of sp³-hybridized carbons (Fsp3) is 0.896. The van der Waals surface area contributed by atoms with Gasteiger partial charge >= 0.3 is 11.9 Å². The van der Waals surface area contributed by atoms with Crippen molar-refractivity contribution in [3.05, 3.63) is 36.5 Å². The fourth-order valence-corrected chi connectivity index (χ4v) is 11.8. The molecular weight excluding hydrogens is 1000 g/mol. The van der Waals surface area contributed by atoms with Crippen molar-refractivity contribution in [3.63, 3.8) is 0 Å². The van der Waals surface area contributed by atoms with Crippen LogP contribution in [-0.4, -0.2) is 36.4 Å². The van der Waals surface area contributed by atoms with Gasteiger partial charge in [0, 0.05) is 12.8 Å². The van der Waals surface area contributed by atoms with Gasteiger partial charge in [0.15, 0.2) is 6.10 Å². The Labute approximate surface area is 514 Å². The second-order valence-electron chi connectivity index (χ2n) is 25.7. The molecule has 0 aliphatic carbocycles. The number of carbonyl (C=O) groups excluding carboxylic acids is 2. The molecule has 1 atom stereocenters. The van der Waals surface area contributed by atoms with Crippen LogP contribution in [0.4, 0.5) is 0 Å². The molecule has 0 rings (SSSR count). The summed E-state index contributed by atoms with van der Waals surface area (Å²) in [7, 11) is 0. The van der Waals surface area contributed by atoms with Gasteiger partial charge in [-0.05, 0) is 51.4 Å². The number of aliphatic hydroxyl groups excluding tert-OH is 1. The van der Waals surface area contributed by atoms with Crippen molar-refractivity contribution in [1.82, 2.24) is 0 Å². The van der Waals surface area contributed by atoms with Gasteiger partial charge in [0.2, 0.25) is 0 Å². The molecule has 0 heterocycles. The number of aliphatic hydroxyl groups is 1. The lowest BCUT2D eigenvalue weighted by molar-refractivity contribution is -0.161. The quantitative estimate of drug-likeness (QED) is 0.0373. The largest absolute Gasteiger partial charge is 0.462 e. The number of rotatable bonds is 71. The molecule has 0 saturated heterocycles. The van der Waals surface area contributed by atoms with Gasteiger partial charge in [-0.3, -0.25) is 9.59 Å². The fourth-order valence-electron chi connectivity index (χ4n) is 11.8. The molecule has 0 aliphatic rings. The molecule has 1 unspecified atom stereocenters. The van der Waals surface area contributed by atoms with E-state index < -0.39 is 6.10 Å². The Hall–Kier alpha value is -1.88. The Kier molecular flexibility index (Phi) is 71.7. The Morgan fingerprint density at radius 2 is 0.488 bits per heavy atom. The predicted molar refractivity (Wildman–Crippen MR) is 362 cm³/mol. The molecule has 0 spiro atoms. The van der Waals surface area contributed by atoms with Crippen LogP contribution < -0.4 is 0 Å². The molecular formula is C77H146O5. The summed E-state index contributed by atoms with van der Waals surface area (Å²) >= 11 is 0. The summed E-state index contributed by atoms with van der Waals surface area (Å²) in [6, 6.07) is 0. The lowest BCUT2D eigenvalue weighted by Crippen LogP contribution is -2.28. The number of hydrogen-bond acceptors (Lipinski definition) is 5. The van der Waals surface area contributed by atoms with Crippen molar-refractivity contribution < 1.29 is 24.2 Å². The first-order valence-electron chi connectivity index (χ1n) is 37.5. The van der Waals surface area contributed by atoms with Crippen LogP contribution in [0.3, 0.4) is 0 Å². The molecule has 82 heavy (non-hydrogen) atoms. The van der Waals surface area contributed by atoms with Gasteiger partial charge in [-0.15, -0.1) is 0 Å². The van der Waals surface area contributed by atoms with E-state index >= 15 is 0 Å². The number of unbranched alkanes of at least 4 members (excludes halogenated alkanes) is 57. The van der Waals surface area contributed by atoms with Crippen LogP contribution >= 0.6 is 0 Å². The normalized spacial score (nSPS) is 12.3. The maximum atomic E-state index is 12.4. The van der Waals surface area contributed by atoms with Gasteiger partial charge in [0.25, 0.3) is 0 Å². The topological polar surface area (TPSA) is 72.8 Å². The van der Waals surface area contributed by atoms with Crippen molar-refractivity contribution in [3.8, 4) is 0 Å². The maximum Gasteiger partial charge on any atom is 0.306 e. The lowest BCUT2D eigenvalue weighted by Gasteiger charge is -2.15. The molecule has 5 heteroatoms. The first-order valence-corrected chi connectivity index (χ1v) is 37.5. The summed E-state index contributed by atoms with van der Waals surface area (Å²) in [6.07, 6.45) is 97.9. The Balaban J connectivity index is 3.37. The van der Waals surface area contributed by atoms with Gasteiger partial charge in [0.05, 0.1) is 6.61 Å². The summed E-state index contributed by atoms with van der Waals surface area (Å²) in [5, 5.41) is 9.71. The van der Waals surface area contributed by atoms with Crippen LogP contribution in [-0.2, 0) is 19.1 Å². The first kappa shape index (κ1) is 80.1. The first-order chi connectivity index (χ1) is 40.6. The molecule has 0 saturated carbocycles. The molecule has 1 N–H and O–H groups in total. The molecule has 0 aromatic rings. The third kappa shape index (κ3) is 70.6. The second-order valence-corrected chi connectivity index (χ2v) is 25.7. The van der Waals surface area contributed by atoms with E-state index in [1.807, 2.05) is 0 Å². The van der Waals surface area contributed by atoms with Gasteiger partial charge in [-0.25, -0.2) is 0 Å². The average Bonchev–Trinajstić information content (AvgIpc) is 3.49. The molecule has 0 bridgehead atoms. The number of allylic oxidation sites excluding steroid dienone is 6. The van der Waals surface area contributed by atoms with E-state index in [0.717, 1.165) is 44.9 Å². The van der Waals surface area contributed by atoms with Gasteiger partial charge in [-0.2, -0.15) is 0 Å². The summed E-state index contributed by atoms with van der Waals surface area (Å²) in [5.74, 6) is -0.568. The minimum Gasteiger partial charge on any atom is -0.462 e. The minimum atomic E-state index is -0.772. The number of ether oxygens (including phenoxy) is 2. The molecule has 5 nitrogen and oxygen atoms in total. The zero-order chi connectivity index (χ0) is 59.1. The van der Waals surface area contributed by atoms with Crippen molar-refractivity contribution in [2.75, 3.05) is 13.2 Å². The van der Waals surface area contributed by atoms with Gasteiger partial charge in [0.1, 0.15) is 6.61 Å². The third-order valence-electron chi connectivity index (χ3n) is 17.4. The second kappa shape index (κ2) is 73.4. The standard InChI is InChI=1S/C77H146O5/c1-3-5-7-9-11-13-15-17-19-21-23-25-27-29-31-33-34-35-36-37-38-39-40-41-42-44-45-47-49-51-53-55-57-59-61-63-65-67-69-71-76(79)81-74-75(73-78)82-77(80)72-70-68-66-64-62-60-58-56-54-52-50-48-46-43-32-30-28-26-24-22-20-18-16-14-12-10-8-6-4-2/h16,18,22,24,28,30,75,78H,3-15,17,19-21,23,25-27,29,31-74H2,1-2H3/b18-16-,24-22-,30-28-. The maximum absolute atomic E-state index is 12.4. The van der Waals surface area contributed by atoms with Gasteiger partial charge in [-0.1, -0.05) is 397 Å². The highest BCUT2D eigenvalue weighted by Crippen LogP contribution is 2.20. The van der Waals surface area contributed by atoms with E-state index in [1.54, 1.807) is 0 Å². The van der Waals surface area contributed by atoms with Crippen molar-refractivity contribution >= 4 is 11.9 Å². The molecule has 0 aromatic heterocycles. The van der Waals surface area contributed by atoms with Crippen molar-refractivity contribution in [2.45, 2.75) is 431 Å². The third-order valence-corrected chi connectivity index (χ3v) is 17.4. The number of esters is 2. The zero-order valence-electron chi connectivity index (χ0n) is 55.8. The summed E-state index contributed by atoms with van der Waals surface area (Å²) < 4.78 is 10.8. The summed E-state index contributed by atoms with van der Waals surface area (Å²) in [5.41, 5.74) is 0. The Morgan fingerprint density at radius 1 is 0.280 bits per heavy atom. The van der Waals surface area contributed by atoms with E-state index in [1.165, 1.54) is 353 Å². The monoisotopic (exact) mass is 1150 g/mol. The smallest absolute Gasteiger partial charge is 0.306 e. The molecule has 0 fully saturated rings. The molecule has 0 amide bonds. The number of carbonyl (C=O) groups is 2. The van der Waals surface area contributed by atoms with E-state index in [-0.39, 0.29) is 25.2 Å². The van der Waals surface area contributed by atoms with Gasteiger partial charge < -0.3 is 14.6 Å². The highest BCUT2D eigenvalue weighted by Gasteiger charge is 2.16. The van der Waals surface area contributed by atoms with E-state index in [9.17, 15) is 14.7 Å². The Bertz CT molecular complexity index is 1300.